The second-order valence-corrected chi connectivity index (χ2v) is 4.70. The Morgan fingerprint density at radius 1 is 1.20 bits per heavy atom. The molecular formula is C16H14O4. The van der Waals surface area contributed by atoms with Gasteiger partial charge in [0, 0.05) is 11.5 Å². The highest BCUT2D eigenvalue weighted by Gasteiger charge is 2.37. The zero-order valence-corrected chi connectivity index (χ0v) is 10.8. The summed E-state index contributed by atoms with van der Waals surface area (Å²) in [5, 5.41) is 9.00. The zero-order chi connectivity index (χ0) is 14.9. The van der Waals surface area contributed by atoms with Gasteiger partial charge in [0.25, 0.3) is 0 Å². The van der Waals surface area contributed by atoms with Gasteiger partial charge in [0.1, 0.15) is 0 Å². The fraction of sp³-hybridized carbons (Fsp3) is 0.188. The first-order chi connectivity index (χ1) is 9.49. The van der Waals surface area contributed by atoms with E-state index in [0.717, 1.165) is 0 Å². The van der Waals surface area contributed by atoms with Gasteiger partial charge in [-0.3, -0.25) is 14.4 Å². The molecule has 0 aromatic heterocycles. The first kappa shape index (κ1) is 13.9. The Bertz CT molecular complexity index is 627. The molecular weight excluding hydrogens is 256 g/mol. The maximum atomic E-state index is 12.1. The van der Waals surface area contributed by atoms with Crippen molar-refractivity contribution in [2.45, 2.75) is 18.3 Å². The minimum atomic E-state index is -0.976. The third-order valence-corrected chi connectivity index (χ3v) is 3.60. The number of hydrogen-bond donors (Lipinski definition) is 1. The summed E-state index contributed by atoms with van der Waals surface area (Å²) in [7, 11) is 0. The van der Waals surface area contributed by atoms with Gasteiger partial charge in [-0.1, -0.05) is 25.3 Å². The fourth-order valence-electron chi connectivity index (χ4n) is 2.71. The maximum absolute atomic E-state index is 12.1. The molecule has 4 nitrogen and oxygen atoms in total. The monoisotopic (exact) mass is 270 g/mol. The Morgan fingerprint density at radius 2 is 1.90 bits per heavy atom. The van der Waals surface area contributed by atoms with Crippen molar-refractivity contribution in [2.24, 2.45) is 0 Å². The molecule has 4 heteroatoms. The Hall–Kier alpha value is -2.49. The summed E-state index contributed by atoms with van der Waals surface area (Å²) < 4.78 is 0. The number of ketones is 2. The summed E-state index contributed by atoms with van der Waals surface area (Å²) in [5.74, 6) is -2.60. The van der Waals surface area contributed by atoms with E-state index in [1.807, 2.05) is 0 Å². The number of carboxylic acid groups (broad SMARTS) is 1. The van der Waals surface area contributed by atoms with Crippen LogP contribution in [0.5, 0.6) is 0 Å². The SMILES string of the molecule is C=CC(=O)c1cc2ccc1C(C(=O)C=C)C2CC(=O)O. The van der Waals surface area contributed by atoms with Gasteiger partial charge in [0.05, 0.1) is 12.3 Å². The first-order valence-electron chi connectivity index (χ1n) is 6.18. The van der Waals surface area contributed by atoms with E-state index in [1.165, 1.54) is 12.2 Å². The normalized spacial score (nSPS) is 19.4. The minimum Gasteiger partial charge on any atom is -0.481 e. The van der Waals surface area contributed by atoms with Crippen molar-refractivity contribution in [3.8, 4) is 0 Å². The van der Waals surface area contributed by atoms with Crippen molar-refractivity contribution in [1.29, 1.82) is 0 Å². The van der Waals surface area contributed by atoms with Crippen LogP contribution in [0.4, 0.5) is 0 Å². The molecule has 0 spiro atoms. The molecule has 0 radical (unpaired) electrons. The lowest BCUT2D eigenvalue weighted by Crippen LogP contribution is -2.27. The molecule has 0 fully saturated rings. The van der Waals surface area contributed by atoms with Crippen molar-refractivity contribution in [2.75, 3.05) is 0 Å². The Labute approximate surface area is 116 Å². The standard InChI is InChI=1S/C16H14O4/c1-3-13(17)12-7-9-5-6-10(12)16(14(18)4-2)11(9)8-15(19)20/h3-7,11,16H,1-2,8H2,(H,19,20). The van der Waals surface area contributed by atoms with Crippen molar-refractivity contribution >= 4 is 17.5 Å². The number of carboxylic acids is 1. The van der Waals surface area contributed by atoms with Gasteiger partial charge in [0.2, 0.25) is 0 Å². The lowest BCUT2D eigenvalue weighted by Gasteiger charge is -2.32. The van der Waals surface area contributed by atoms with Crippen molar-refractivity contribution in [3.63, 3.8) is 0 Å². The fourth-order valence-corrected chi connectivity index (χ4v) is 2.71. The van der Waals surface area contributed by atoms with Crippen LogP contribution in [0.3, 0.4) is 0 Å². The van der Waals surface area contributed by atoms with Crippen molar-refractivity contribution in [3.05, 3.63) is 60.2 Å². The molecule has 0 saturated carbocycles. The number of carbonyl (C=O) groups excluding carboxylic acids is 2. The topological polar surface area (TPSA) is 71.4 Å². The van der Waals surface area contributed by atoms with Crippen LogP contribution in [0.25, 0.3) is 0 Å². The van der Waals surface area contributed by atoms with Gasteiger partial charge in [0.15, 0.2) is 11.6 Å². The van der Waals surface area contributed by atoms with Gasteiger partial charge in [-0.2, -0.15) is 0 Å². The van der Waals surface area contributed by atoms with Crippen LogP contribution in [-0.4, -0.2) is 22.6 Å². The molecule has 0 aliphatic heterocycles. The third kappa shape index (κ3) is 2.20. The highest BCUT2D eigenvalue weighted by molar-refractivity contribution is 6.08. The molecule has 102 valence electrons. The molecule has 2 aliphatic rings. The van der Waals surface area contributed by atoms with E-state index >= 15 is 0 Å². The first-order valence-corrected chi connectivity index (χ1v) is 6.18. The number of allylic oxidation sites excluding steroid dienone is 2. The van der Waals surface area contributed by atoms with Crippen LogP contribution in [-0.2, 0) is 9.59 Å². The average molecular weight is 270 g/mol. The van der Waals surface area contributed by atoms with Gasteiger partial charge >= 0.3 is 5.97 Å². The number of aliphatic carboxylic acids is 1. The molecule has 0 saturated heterocycles. The second-order valence-electron chi connectivity index (χ2n) is 4.70. The van der Waals surface area contributed by atoms with E-state index in [9.17, 15) is 14.4 Å². The maximum Gasteiger partial charge on any atom is 0.303 e. The summed E-state index contributed by atoms with van der Waals surface area (Å²) in [6, 6.07) is 5.12. The van der Waals surface area contributed by atoms with Crippen LogP contribution in [0.1, 0.15) is 39.7 Å². The highest BCUT2D eigenvalue weighted by Crippen LogP contribution is 2.44. The van der Waals surface area contributed by atoms with Crippen molar-refractivity contribution < 1.29 is 19.5 Å². The molecule has 1 N–H and O–H groups in total. The summed E-state index contributed by atoms with van der Waals surface area (Å²) >= 11 is 0. The smallest absolute Gasteiger partial charge is 0.303 e. The molecule has 3 rings (SSSR count). The summed E-state index contributed by atoms with van der Waals surface area (Å²) in [6.07, 6.45) is 2.21. The van der Waals surface area contributed by atoms with E-state index < -0.39 is 17.8 Å². The molecule has 0 amide bonds. The van der Waals surface area contributed by atoms with Gasteiger partial charge in [-0.15, -0.1) is 0 Å². The van der Waals surface area contributed by atoms with E-state index in [1.54, 1.807) is 18.2 Å². The lowest BCUT2D eigenvalue weighted by atomic mass is 9.69. The molecule has 20 heavy (non-hydrogen) atoms. The van der Waals surface area contributed by atoms with E-state index in [0.29, 0.717) is 16.7 Å². The van der Waals surface area contributed by atoms with Crippen molar-refractivity contribution in [1.82, 2.24) is 0 Å². The van der Waals surface area contributed by atoms with E-state index in [-0.39, 0.29) is 18.0 Å². The molecule has 2 bridgehead atoms. The molecule has 1 aromatic carbocycles. The number of rotatable bonds is 6. The second kappa shape index (κ2) is 5.25. The molecule has 2 aliphatic carbocycles. The van der Waals surface area contributed by atoms with Crippen LogP contribution < -0.4 is 0 Å². The molecule has 0 heterocycles. The summed E-state index contributed by atoms with van der Waals surface area (Å²) in [6.45, 7) is 6.90. The quantitative estimate of drug-likeness (QED) is 0.636. The third-order valence-electron chi connectivity index (χ3n) is 3.60. The van der Waals surface area contributed by atoms with Crippen LogP contribution in [0.15, 0.2) is 43.5 Å². The number of benzene rings is 1. The Balaban J connectivity index is 2.57. The van der Waals surface area contributed by atoms with E-state index in [4.69, 9.17) is 5.11 Å². The average Bonchev–Trinajstić information content (AvgIpc) is 2.45. The Kier molecular flexibility index (Phi) is 3.66. The minimum absolute atomic E-state index is 0.153. The van der Waals surface area contributed by atoms with Gasteiger partial charge < -0.3 is 5.11 Å². The van der Waals surface area contributed by atoms with E-state index in [2.05, 4.69) is 13.2 Å². The van der Waals surface area contributed by atoms with Gasteiger partial charge in [-0.05, 0) is 29.3 Å². The number of carbonyl (C=O) groups is 3. The Morgan fingerprint density at radius 3 is 2.45 bits per heavy atom. The van der Waals surface area contributed by atoms with Gasteiger partial charge in [-0.25, -0.2) is 0 Å². The lowest BCUT2D eigenvalue weighted by molar-refractivity contribution is -0.137. The van der Waals surface area contributed by atoms with Crippen LogP contribution in [0, 0.1) is 0 Å². The number of fused-ring (bicyclic) bond motifs is 3. The summed E-state index contributed by atoms with van der Waals surface area (Å²) in [4.78, 5) is 34.9. The zero-order valence-electron chi connectivity index (χ0n) is 10.8. The van der Waals surface area contributed by atoms with Crippen LogP contribution in [0.2, 0.25) is 0 Å². The molecule has 1 aromatic rings. The number of hydrogen-bond acceptors (Lipinski definition) is 3. The molecule has 2 unspecified atom stereocenters. The molecule has 2 atom stereocenters. The highest BCUT2D eigenvalue weighted by atomic mass is 16.4. The largest absolute Gasteiger partial charge is 0.481 e. The summed E-state index contributed by atoms with van der Waals surface area (Å²) in [5.41, 5.74) is 1.66. The van der Waals surface area contributed by atoms with Crippen LogP contribution >= 0.6 is 0 Å². The predicted octanol–water partition coefficient (Wildman–Crippen LogP) is 2.47. The predicted molar refractivity (Wildman–Crippen MR) is 73.9 cm³/mol.